The molecular formula is C15H22N2O2S. The number of hydrogen-bond donors (Lipinski definition) is 3. The number of carbonyl (C=O) groups excluding carboxylic acids is 2. The molecule has 1 aromatic rings. The van der Waals surface area contributed by atoms with E-state index in [1.165, 1.54) is 0 Å². The molecule has 0 fully saturated rings. The molecule has 4 nitrogen and oxygen atoms in total. The highest BCUT2D eigenvalue weighted by Gasteiger charge is 2.15. The number of thiol groups is 1. The monoisotopic (exact) mass is 294 g/mol. The fourth-order valence-corrected chi connectivity index (χ4v) is 1.76. The van der Waals surface area contributed by atoms with Crippen molar-refractivity contribution in [3.63, 3.8) is 0 Å². The molecule has 0 bridgehead atoms. The van der Waals surface area contributed by atoms with E-state index in [2.05, 4.69) is 23.3 Å². The van der Waals surface area contributed by atoms with Gasteiger partial charge in [-0.1, -0.05) is 26.0 Å². The van der Waals surface area contributed by atoms with Crippen molar-refractivity contribution in [1.29, 1.82) is 0 Å². The molecule has 2 N–H and O–H groups in total. The van der Waals surface area contributed by atoms with Crippen LogP contribution in [0.25, 0.3) is 0 Å². The molecule has 1 rings (SSSR count). The summed E-state index contributed by atoms with van der Waals surface area (Å²) in [6.45, 7) is 6.34. The standard InChI is InChI=1S/C15H22N2O2S/c1-10(2)9-16-15(19)11(3)17-14(18)8-12-4-6-13(20)7-5-12/h4-7,10-11,20H,8-9H2,1-3H3,(H,16,19)(H,17,18). The molecule has 1 atom stereocenters. The van der Waals surface area contributed by atoms with Gasteiger partial charge in [0.05, 0.1) is 6.42 Å². The minimum absolute atomic E-state index is 0.155. The number of amides is 2. The lowest BCUT2D eigenvalue weighted by Gasteiger charge is -2.15. The summed E-state index contributed by atoms with van der Waals surface area (Å²) in [7, 11) is 0. The lowest BCUT2D eigenvalue weighted by molar-refractivity contribution is -0.128. The molecule has 110 valence electrons. The quantitative estimate of drug-likeness (QED) is 0.701. The van der Waals surface area contributed by atoms with Crippen molar-refractivity contribution in [2.75, 3.05) is 6.54 Å². The minimum Gasteiger partial charge on any atom is -0.354 e. The van der Waals surface area contributed by atoms with E-state index in [4.69, 9.17) is 0 Å². The van der Waals surface area contributed by atoms with Crippen LogP contribution in [0.2, 0.25) is 0 Å². The molecule has 0 saturated heterocycles. The molecule has 1 unspecified atom stereocenters. The maximum absolute atomic E-state index is 11.8. The van der Waals surface area contributed by atoms with E-state index in [1.54, 1.807) is 6.92 Å². The van der Waals surface area contributed by atoms with Crippen LogP contribution in [0.5, 0.6) is 0 Å². The van der Waals surface area contributed by atoms with E-state index >= 15 is 0 Å². The van der Waals surface area contributed by atoms with Crippen LogP contribution in [-0.4, -0.2) is 24.4 Å². The average molecular weight is 294 g/mol. The Hall–Kier alpha value is -1.49. The van der Waals surface area contributed by atoms with Gasteiger partial charge in [0.25, 0.3) is 0 Å². The molecule has 0 saturated carbocycles. The average Bonchev–Trinajstić information content (AvgIpc) is 2.38. The van der Waals surface area contributed by atoms with Crippen molar-refractivity contribution in [3.8, 4) is 0 Å². The summed E-state index contributed by atoms with van der Waals surface area (Å²) in [5, 5.41) is 5.49. The highest BCUT2D eigenvalue weighted by atomic mass is 32.1. The molecule has 0 heterocycles. The summed E-state index contributed by atoms with van der Waals surface area (Å²) in [5.74, 6) is 0.0727. The van der Waals surface area contributed by atoms with Crippen molar-refractivity contribution in [3.05, 3.63) is 29.8 Å². The number of rotatable bonds is 6. The van der Waals surface area contributed by atoms with Gasteiger partial charge in [0.2, 0.25) is 11.8 Å². The Kier molecular flexibility index (Phi) is 6.58. The summed E-state index contributed by atoms with van der Waals surface area (Å²) < 4.78 is 0. The number of hydrogen-bond acceptors (Lipinski definition) is 3. The van der Waals surface area contributed by atoms with E-state index in [1.807, 2.05) is 38.1 Å². The Bertz CT molecular complexity index is 457. The molecule has 0 aliphatic rings. The van der Waals surface area contributed by atoms with Crippen molar-refractivity contribution in [2.24, 2.45) is 5.92 Å². The second kappa shape index (κ2) is 7.94. The molecule has 5 heteroatoms. The van der Waals surface area contributed by atoms with Gasteiger partial charge in [-0.05, 0) is 30.5 Å². The molecule has 20 heavy (non-hydrogen) atoms. The van der Waals surface area contributed by atoms with Crippen molar-refractivity contribution < 1.29 is 9.59 Å². The van der Waals surface area contributed by atoms with Gasteiger partial charge in [-0.3, -0.25) is 9.59 Å². The van der Waals surface area contributed by atoms with Crippen LogP contribution < -0.4 is 10.6 Å². The summed E-state index contributed by atoms with van der Waals surface area (Å²) in [6, 6.07) is 6.86. The van der Waals surface area contributed by atoms with Gasteiger partial charge < -0.3 is 10.6 Å². The highest BCUT2D eigenvalue weighted by Crippen LogP contribution is 2.08. The van der Waals surface area contributed by atoms with Crippen LogP contribution in [0.4, 0.5) is 0 Å². The first-order chi connectivity index (χ1) is 9.38. The topological polar surface area (TPSA) is 58.2 Å². The SMILES string of the molecule is CC(C)CNC(=O)C(C)NC(=O)Cc1ccc(S)cc1. The Morgan fingerprint density at radius 3 is 2.30 bits per heavy atom. The number of benzene rings is 1. The smallest absolute Gasteiger partial charge is 0.242 e. The fourth-order valence-electron chi connectivity index (χ4n) is 1.62. The highest BCUT2D eigenvalue weighted by molar-refractivity contribution is 7.80. The van der Waals surface area contributed by atoms with Gasteiger partial charge >= 0.3 is 0 Å². The molecule has 0 radical (unpaired) electrons. The maximum atomic E-state index is 11.8. The Morgan fingerprint density at radius 1 is 1.15 bits per heavy atom. The fraction of sp³-hybridized carbons (Fsp3) is 0.467. The van der Waals surface area contributed by atoms with Crippen LogP contribution in [0.3, 0.4) is 0 Å². The lowest BCUT2D eigenvalue weighted by Crippen LogP contribution is -2.46. The first-order valence-electron chi connectivity index (χ1n) is 6.73. The number of carbonyl (C=O) groups is 2. The second-order valence-electron chi connectivity index (χ2n) is 5.27. The van der Waals surface area contributed by atoms with Gasteiger partial charge in [-0.25, -0.2) is 0 Å². The predicted octanol–water partition coefficient (Wildman–Crippen LogP) is 1.79. The normalized spacial score (nSPS) is 12.1. The van der Waals surface area contributed by atoms with Crippen LogP contribution in [-0.2, 0) is 16.0 Å². The predicted molar refractivity (Wildman–Crippen MR) is 82.9 cm³/mol. The zero-order chi connectivity index (χ0) is 15.1. The zero-order valence-electron chi connectivity index (χ0n) is 12.1. The Labute approximate surface area is 125 Å². The number of nitrogens with one attached hydrogen (secondary N) is 2. The minimum atomic E-state index is -0.523. The largest absolute Gasteiger partial charge is 0.354 e. The summed E-state index contributed by atoms with van der Waals surface area (Å²) >= 11 is 4.19. The van der Waals surface area contributed by atoms with E-state index < -0.39 is 6.04 Å². The molecule has 0 aromatic heterocycles. The first-order valence-corrected chi connectivity index (χ1v) is 7.18. The lowest BCUT2D eigenvalue weighted by atomic mass is 10.1. The van der Waals surface area contributed by atoms with E-state index in [-0.39, 0.29) is 18.2 Å². The molecular weight excluding hydrogens is 272 g/mol. The zero-order valence-corrected chi connectivity index (χ0v) is 13.0. The van der Waals surface area contributed by atoms with E-state index in [0.717, 1.165) is 10.5 Å². The van der Waals surface area contributed by atoms with E-state index in [9.17, 15) is 9.59 Å². The van der Waals surface area contributed by atoms with Gasteiger partial charge in [0.1, 0.15) is 6.04 Å². The molecule has 1 aromatic carbocycles. The van der Waals surface area contributed by atoms with E-state index in [0.29, 0.717) is 12.5 Å². The Balaban J connectivity index is 2.41. The van der Waals surface area contributed by atoms with Crippen molar-refractivity contribution in [2.45, 2.75) is 38.1 Å². The van der Waals surface area contributed by atoms with Gasteiger partial charge in [0.15, 0.2) is 0 Å². The second-order valence-corrected chi connectivity index (χ2v) is 5.79. The first kappa shape index (κ1) is 16.6. The third kappa shape index (κ3) is 6.10. The Morgan fingerprint density at radius 2 is 1.75 bits per heavy atom. The van der Waals surface area contributed by atoms with Gasteiger partial charge in [-0.15, -0.1) is 12.6 Å². The maximum Gasteiger partial charge on any atom is 0.242 e. The third-order valence-electron chi connectivity index (χ3n) is 2.76. The van der Waals surface area contributed by atoms with Crippen LogP contribution in [0.15, 0.2) is 29.2 Å². The molecule has 0 spiro atoms. The molecule has 2 amide bonds. The molecule has 0 aliphatic carbocycles. The van der Waals surface area contributed by atoms with Gasteiger partial charge in [0, 0.05) is 11.4 Å². The molecule has 0 aliphatic heterocycles. The van der Waals surface area contributed by atoms with Crippen LogP contribution in [0.1, 0.15) is 26.3 Å². The summed E-state index contributed by atoms with van der Waals surface area (Å²) in [5.41, 5.74) is 0.898. The summed E-state index contributed by atoms with van der Waals surface area (Å²) in [4.78, 5) is 24.4. The van der Waals surface area contributed by atoms with Crippen LogP contribution in [0, 0.1) is 5.92 Å². The van der Waals surface area contributed by atoms with Crippen molar-refractivity contribution >= 4 is 24.4 Å². The van der Waals surface area contributed by atoms with Crippen molar-refractivity contribution in [1.82, 2.24) is 10.6 Å². The third-order valence-corrected chi connectivity index (χ3v) is 3.05. The summed E-state index contributed by atoms with van der Waals surface area (Å²) in [6.07, 6.45) is 0.260. The van der Waals surface area contributed by atoms with Gasteiger partial charge in [-0.2, -0.15) is 0 Å². The van der Waals surface area contributed by atoms with Crippen LogP contribution >= 0.6 is 12.6 Å².